The highest BCUT2D eigenvalue weighted by Gasteiger charge is 2.18. The second-order valence-corrected chi connectivity index (χ2v) is 6.34. The monoisotopic (exact) mass is 472 g/mol. The summed E-state index contributed by atoms with van der Waals surface area (Å²) in [5.41, 5.74) is 3.10. The molecule has 0 atom stereocenters. The number of carboxylic acids is 1. The number of hydrogen-bond acceptors (Lipinski definition) is 5. The zero-order valence-electron chi connectivity index (χ0n) is 12.6. The van der Waals surface area contributed by atoms with Crippen molar-refractivity contribution in [1.29, 1.82) is 0 Å². The number of nitrogens with one attached hydrogen (secondary N) is 2. The number of carboxylic acid groups (broad SMARTS) is 1. The van der Waals surface area contributed by atoms with E-state index in [1.807, 2.05) is 0 Å². The Balaban J connectivity index is 0.000000146. The molecular formula is C15H10Br2N2O6. The molecule has 4 heterocycles. The zero-order valence-corrected chi connectivity index (χ0v) is 15.7. The number of carbonyl (C=O) groups excluding carboxylic acids is 1. The van der Waals surface area contributed by atoms with Crippen LogP contribution in [0.25, 0.3) is 22.2 Å². The summed E-state index contributed by atoms with van der Waals surface area (Å²) in [6, 6.07) is 3.42. The molecule has 0 aromatic carbocycles. The number of H-pyrrole nitrogens is 2. The fourth-order valence-corrected chi connectivity index (χ4v) is 3.30. The molecule has 0 aliphatic carbocycles. The van der Waals surface area contributed by atoms with Crippen LogP contribution < -0.4 is 0 Å². The van der Waals surface area contributed by atoms with E-state index >= 15 is 0 Å². The van der Waals surface area contributed by atoms with Crippen LogP contribution in [0.15, 0.2) is 42.4 Å². The lowest BCUT2D eigenvalue weighted by atomic mass is 10.4. The van der Waals surface area contributed by atoms with E-state index in [0.717, 1.165) is 5.52 Å². The smallest absolute Gasteiger partial charge is 0.355 e. The number of halogens is 2. The van der Waals surface area contributed by atoms with Crippen LogP contribution in [0.4, 0.5) is 0 Å². The van der Waals surface area contributed by atoms with E-state index in [4.69, 9.17) is 13.9 Å². The lowest BCUT2D eigenvalue weighted by Crippen LogP contribution is -2.01. The van der Waals surface area contributed by atoms with Gasteiger partial charge in [-0.05, 0) is 31.9 Å². The van der Waals surface area contributed by atoms with Crippen molar-refractivity contribution in [2.24, 2.45) is 0 Å². The van der Waals surface area contributed by atoms with Crippen molar-refractivity contribution in [3.05, 3.63) is 45.0 Å². The summed E-state index contributed by atoms with van der Waals surface area (Å²) in [5, 5.41) is 8.68. The highest BCUT2D eigenvalue weighted by molar-refractivity contribution is 9.11. The first-order valence-electron chi connectivity index (χ1n) is 6.75. The Morgan fingerprint density at radius 2 is 1.48 bits per heavy atom. The van der Waals surface area contributed by atoms with Crippen LogP contribution in [0.2, 0.25) is 0 Å². The molecule has 8 nitrogen and oxygen atoms in total. The van der Waals surface area contributed by atoms with E-state index in [1.54, 1.807) is 18.4 Å². The van der Waals surface area contributed by atoms with E-state index in [2.05, 4.69) is 46.6 Å². The van der Waals surface area contributed by atoms with Gasteiger partial charge >= 0.3 is 11.9 Å². The van der Waals surface area contributed by atoms with E-state index in [0.29, 0.717) is 31.3 Å². The van der Waals surface area contributed by atoms with Crippen LogP contribution in [0, 0.1) is 0 Å². The molecule has 130 valence electrons. The number of esters is 1. The topological polar surface area (TPSA) is 121 Å². The Labute approximate surface area is 156 Å². The van der Waals surface area contributed by atoms with Crippen molar-refractivity contribution in [3.8, 4) is 0 Å². The van der Waals surface area contributed by atoms with Crippen LogP contribution in [0.5, 0.6) is 0 Å². The Hall–Kier alpha value is -2.46. The number of aromatic amines is 2. The molecule has 0 aliphatic rings. The van der Waals surface area contributed by atoms with Crippen LogP contribution >= 0.6 is 31.9 Å². The van der Waals surface area contributed by atoms with Gasteiger partial charge in [0, 0.05) is 12.1 Å². The summed E-state index contributed by atoms with van der Waals surface area (Å²) in [4.78, 5) is 27.3. The molecule has 10 heteroatoms. The molecule has 4 aromatic heterocycles. The molecule has 0 fully saturated rings. The number of methoxy groups -OCH3 is 1. The van der Waals surface area contributed by atoms with Crippen molar-refractivity contribution in [1.82, 2.24) is 9.97 Å². The van der Waals surface area contributed by atoms with E-state index in [-0.39, 0.29) is 5.69 Å². The number of aromatic nitrogens is 2. The fraction of sp³-hybridized carbons (Fsp3) is 0.0667. The number of hydrogen-bond donors (Lipinski definition) is 3. The van der Waals surface area contributed by atoms with Gasteiger partial charge in [-0.2, -0.15) is 0 Å². The minimum Gasteiger partial charge on any atom is -0.477 e. The minimum absolute atomic E-state index is 0.115. The summed E-state index contributed by atoms with van der Waals surface area (Å²) < 4.78 is 15.8. The number of furan rings is 2. The second-order valence-electron chi connectivity index (χ2n) is 4.75. The van der Waals surface area contributed by atoms with Crippen LogP contribution in [0.1, 0.15) is 21.0 Å². The molecule has 0 bridgehead atoms. The Morgan fingerprint density at radius 3 is 1.92 bits per heavy atom. The average molecular weight is 474 g/mol. The van der Waals surface area contributed by atoms with Gasteiger partial charge in [0.25, 0.3) is 0 Å². The molecule has 3 N–H and O–H groups in total. The molecule has 0 saturated heterocycles. The van der Waals surface area contributed by atoms with E-state index in [1.165, 1.54) is 13.4 Å². The first-order chi connectivity index (χ1) is 11.9. The number of fused-ring (bicyclic) bond motifs is 2. The van der Waals surface area contributed by atoms with Gasteiger partial charge in [-0.15, -0.1) is 0 Å². The average Bonchev–Trinajstić information content (AvgIpc) is 3.32. The van der Waals surface area contributed by atoms with Crippen molar-refractivity contribution >= 4 is 66.0 Å². The molecule has 0 saturated carbocycles. The quantitative estimate of drug-likeness (QED) is 0.367. The van der Waals surface area contributed by atoms with Gasteiger partial charge in [0.15, 0.2) is 11.2 Å². The van der Waals surface area contributed by atoms with Gasteiger partial charge in [-0.1, -0.05) is 0 Å². The van der Waals surface area contributed by atoms with Gasteiger partial charge in [-0.3, -0.25) is 0 Å². The molecule has 0 spiro atoms. The van der Waals surface area contributed by atoms with Gasteiger partial charge in [0.1, 0.15) is 11.4 Å². The maximum Gasteiger partial charge on any atom is 0.355 e. The zero-order chi connectivity index (χ0) is 18.1. The second kappa shape index (κ2) is 6.81. The molecule has 4 aromatic rings. The lowest BCUT2D eigenvalue weighted by molar-refractivity contribution is 0.0593. The maximum atomic E-state index is 11.2. The fourth-order valence-electron chi connectivity index (χ4n) is 2.15. The molecule has 4 rings (SSSR count). The minimum atomic E-state index is -1.01. The van der Waals surface area contributed by atoms with Gasteiger partial charge < -0.3 is 28.6 Å². The number of ether oxygens (including phenoxy) is 1. The molecular weight excluding hydrogens is 464 g/mol. The summed E-state index contributed by atoms with van der Waals surface area (Å²) in [7, 11) is 1.33. The third kappa shape index (κ3) is 3.10. The summed E-state index contributed by atoms with van der Waals surface area (Å²) in [6.07, 6.45) is 3.05. The predicted octanol–water partition coefficient (Wildman–Crippen LogP) is 4.53. The number of aromatic carboxylic acids is 1. The third-order valence-electron chi connectivity index (χ3n) is 3.29. The summed E-state index contributed by atoms with van der Waals surface area (Å²) in [6.45, 7) is 0. The molecule has 0 unspecified atom stereocenters. The molecule has 25 heavy (non-hydrogen) atoms. The van der Waals surface area contributed by atoms with Crippen LogP contribution in [-0.2, 0) is 4.74 Å². The Bertz CT molecular complexity index is 1070. The summed E-state index contributed by atoms with van der Waals surface area (Å²) in [5.74, 6) is -1.42. The van der Waals surface area contributed by atoms with Gasteiger partial charge in [0.2, 0.25) is 0 Å². The van der Waals surface area contributed by atoms with Gasteiger partial charge in [0.05, 0.1) is 39.6 Å². The van der Waals surface area contributed by atoms with Gasteiger partial charge in [-0.25, -0.2) is 9.59 Å². The van der Waals surface area contributed by atoms with Crippen molar-refractivity contribution in [2.75, 3.05) is 7.11 Å². The molecule has 0 radical (unpaired) electrons. The van der Waals surface area contributed by atoms with Crippen LogP contribution in [0.3, 0.4) is 0 Å². The van der Waals surface area contributed by atoms with Crippen molar-refractivity contribution < 1.29 is 28.3 Å². The van der Waals surface area contributed by atoms with E-state index < -0.39 is 11.9 Å². The highest BCUT2D eigenvalue weighted by atomic mass is 79.9. The molecule has 0 aliphatic heterocycles. The summed E-state index contributed by atoms with van der Waals surface area (Å²) >= 11 is 6.37. The van der Waals surface area contributed by atoms with Crippen LogP contribution in [-0.4, -0.2) is 34.1 Å². The third-order valence-corrected chi connectivity index (χ3v) is 4.80. The normalized spacial score (nSPS) is 10.7. The number of carbonyl (C=O) groups is 2. The SMILES string of the molecule is COC(=O)c1[nH]c2ccoc2c1Br.O=C(O)c1[nH]c2ccoc2c1Br. The lowest BCUT2D eigenvalue weighted by Gasteiger charge is -1.94. The van der Waals surface area contributed by atoms with Crippen molar-refractivity contribution in [2.45, 2.75) is 0 Å². The Morgan fingerprint density at radius 1 is 1.00 bits per heavy atom. The van der Waals surface area contributed by atoms with Crippen molar-refractivity contribution in [3.63, 3.8) is 0 Å². The standard InChI is InChI=1S/C8H6BrNO3.C7H4BrNO3/c1-12-8(11)6-5(9)7-4(10-6)2-3-13-7;8-4-5(7(10)11)9-3-1-2-12-6(3)4/h2-3,10H,1H3;1-2,9H,(H,10,11). The molecule has 0 amide bonds. The largest absolute Gasteiger partial charge is 0.477 e. The predicted molar refractivity (Wildman–Crippen MR) is 94.8 cm³/mol. The van der Waals surface area contributed by atoms with E-state index in [9.17, 15) is 9.59 Å². The number of rotatable bonds is 2. The maximum absolute atomic E-state index is 11.2. The Kier molecular flexibility index (Phi) is 4.73. The first-order valence-corrected chi connectivity index (χ1v) is 8.33. The first kappa shape index (κ1) is 17.4. The highest BCUT2D eigenvalue weighted by Crippen LogP contribution is 2.29.